The first-order chi connectivity index (χ1) is 22.2. The number of anilines is 1. The average molecular weight is 697 g/mol. The Labute approximate surface area is 292 Å². The summed E-state index contributed by atoms with van der Waals surface area (Å²) in [5.41, 5.74) is 4.90. The highest BCUT2D eigenvalue weighted by Crippen LogP contribution is 2.28. The number of benzene rings is 2. The first-order valence-electron chi connectivity index (χ1n) is 17.7. The van der Waals surface area contributed by atoms with Crippen LogP contribution in [-0.4, -0.2) is 48.7 Å². The van der Waals surface area contributed by atoms with Crippen LogP contribution in [0.15, 0.2) is 77.9 Å². The Morgan fingerprint density at radius 3 is 1.91 bits per heavy atom. The molecule has 1 aliphatic rings. The maximum Gasteiger partial charge on any atom is 0.142 e. The minimum absolute atomic E-state index is 0.694. The summed E-state index contributed by atoms with van der Waals surface area (Å²) in [5.74, 6) is 2.02. The average Bonchev–Trinajstić information content (AvgIpc) is 3.10. The molecule has 2 aromatic carbocycles. The molecule has 0 radical (unpaired) electrons. The van der Waals surface area contributed by atoms with Crippen LogP contribution in [0.2, 0.25) is 0 Å². The van der Waals surface area contributed by atoms with Gasteiger partial charge in [-0.2, -0.15) is 0 Å². The summed E-state index contributed by atoms with van der Waals surface area (Å²) in [4.78, 5) is 9.60. The molecule has 0 amide bonds. The first kappa shape index (κ1) is 43.4. The van der Waals surface area contributed by atoms with Crippen molar-refractivity contribution in [3.05, 3.63) is 94.6 Å². The minimum Gasteiger partial charge on any atom is -0.494 e. The lowest BCUT2D eigenvalue weighted by molar-refractivity contribution is 0.187. The van der Waals surface area contributed by atoms with Crippen LogP contribution < -0.4 is 9.64 Å². The van der Waals surface area contributed by atoms with Gasteiger partial charge in [-0.3, -0.25) is 4.90 Å². The first-order valence-corrected chi connectivity index (χ1v) is 18.5. The maximum atomic E-state index is 5.36. The summed E-state index contributed by atoms with van der Waals surface area (Å²) >= 11 is 3.66. The van der Waals surface area contributed by atoms with E-state index in [2.05, 4.69) is 116 Å². The van der Waals surface area contributed by atoms with Crippen LogP contribution in [0.25, 0.3) is 5.57 Å². The van der Waals surface area contributed by atoms with Gasteiger partial charge in [-0.05, 0) is 90.9 Å². The fourth-order valence-corrected chi connectivity index (χ4v) is 5.03. The van der Waals surface area contributed by atoms with Gasteiger partial charge in [0.1, 0.15) is 11.6 Å². The Bertz CT molecular complexity index is 1140. The van der Waals surface area contributed by atoms with Crippen molar-refractivity contribution >= 4 is 27.3 Å². The molecule has 258 valence electrons. The fourth-order valence-electron chi connectivity index (χ4n) is 4.43. The molecule has 1 aliphatic heterocycles. The highest BCUT2D eigenvalue weighted by Gasteiger charge is 2.22. The predicted octanol–water partition coefficient (Wildman–Crippen LogP) is 12.1. The number of hydrogen-bond acceptors (Lipinski definition) is 4. The van der Waals surface area contributed by atoms with Crippen molar-refractivity contribution in [3.63, 3.8) is 0 Å². The van der Waals surface area contributed by atoms with E-state index in [0.717, 1.165) is 72.8 Å². The van der Waals surface area contributed by atoms with Crippen LogP contribution in [0, 0.1) is 6.92 Å². The van der Waals surface area contributed by atoms with E-state index in [1.807, 2.05) is 57.3 Å². The number of nitrogens with zero attached hydrogens (tertiary/aromatic N) is 3. The van der Waals surface area contributed by atoms with Crippen LogP contribution in [0.4, 0.5) is 5.82 Å². The van der Waals surface area contributed by atoms with Crippen molar-refractivity contribution < 1.29 is 4.74 Å². The van der Waals surface area contributed by atoms with E-state index in [1.165, 1.54) is 36.8 Å². The van der Waals surface area contributed by atoms with Crippen LogP contribution >= 0.6 is 15.9 Å². The molecule has 0 spiro atoms. The van der Waals surface area contributed by atoms with Gasteiger partial charge in [-0.25, -0.2) is 4.98 Å². The summed E-state index contributed by atoms with van der Waals surface area (Å²) in [6.07, 6.45) is 9.32. The van der Waals surface area contributed by atoms with E-state index >= 15 is 0 Å². The zero-order chi connectivity index (χ0) is 34.7. The lowest BCUT2D eigenvalue weighted by atomic mass is 10.1. The Kier molecular flexibility index (Phi) is 25.9. The van der Waals surface area contributed by atoms with Gasteiger partial charge in [0.05, 0.1) is 11.1 Å². The van der Waals surface area contributed by atoms with Crippen molar-refractivity contribution in [3.8, 4) is 5.75 Å². The number of para-hydroxylation sites is 1. The molecule has 1 saturated heterocycles. The van der Waals surface area contributed by atoms with Crippen molar-refractivity contribution in [2.75, 3.05) is 37.7 Å². The zero-order valence-electron chi connectivity index (χ0n) is 31.0. The van der Waals surface area contributed by atoms with Gasteiger partial charge in [0, 0.05) is 38.4 Å². The van der Waals surface area contributed by atoms with E-state index in [0.29, 0.717) is 6.04 Å². The van der Waals surface area contributed by atoms with Crippen LogP contribution in [-0.2, 0) is 6.42 Å². The highest BCUT2D eigenvalue weighted by molar-refractivity contribution is 9.10. The second-order valence-electron chi connectivity index (χ2n) is 11.5. The third-order valence-electron chi connectivity index (χ3n) is 7.50. The predicted molar refractivity (Wildman–Crippen MR) is 210 cm³/mol. The van der Waals surface area contributed by atoms with Crippen molar-refractivity contribution in [1.29, 1.82) is 0 Å². The number of piperazine rings is 1. The van der Waals surface area contributed by atoms with Crippen LogP contribution in [0.3, 0.4) is 0 Å². The number of hydrogen-bond donors (Lipinski definition) is 0. The number of aromatic nitrogens is 1. The normalized spacial score (nSPS) is 12.8. The summed E-state index contributed by atoms with van der Waals surface area (Å²) in [7, 11) is 0. The van der Waals surface area contributed by atoms with Crippen LogP contribution in [0.1, 0.15) is 111 Å². The van der Waals surface area contributed by atoms with Crippen LogP contribution in [0.5, 0.6) is 5.75 Å². The number of allylic oxidation sites excluding steroid dienone is 1. The number of aryl methyl sites for hydroxylation is 2. The van der Waals surface area contributed by atoms with Gasteiger partial charge in [-0.15, -0.1) is 0 Å². The standard InChI is InChI=1S/C17H26BrN3.C9H12O.C9H12.C4H10.C2H6/c1-5-6-14(4)20-7-9-21(10-8-20)17-16(18)11-15(12-19-17)13(2)3;1-2-8-10-9-6-4-3-5-7-9;1-3-9-6-4-8(2)5-7-9;1-3-4-2;1-2/h11-12,14H,2,5-10H2,1,3-4H3;3-7H,2,8H2,1H3;4-7H,3H2,1-2H3;3-4H2,1-2H3;1-2H3. The third-order valence-corrected chi connectivity index (χ3v) is 8.09. The minimum atomic E-state index is 0.694. The van der Waals surface area contributed by atoms with Gasteiger partial charge in [0.2, 0.25) is 0 Å². The quantitative estimate of drug-likeness (QED) is 0.211. The molecule has 0 aliphatic carbocycles. The summed E-state index contributed by atoms with van der Waals surface area (Å²) in [6.45, 7) is 30.5. The summed E-state index contributed by atoms with van der Waals surface area (Å²) in [5, 5.41) is 0. The Morgan fingerprint density at radius 2 is 1.46 bits per heavy atom. The van der Waals surface area contributed by atoms with E-state index in [9.17, 15) is 0 Å². The molecular weight excluding hydrogens is 630 g/mol. The fraction of sp³-hybridized carbons (Fsp3) is 0.537. The van der Waals surface area contributed by atoms with Crippen molar-refractivity contribution in [2.45, 2.75) is 114 Å². The monoisotopic (exact) mass is 695 g/mol. The smallest absolute Gasteiger partial charge is 0.142 e. The zero-order valence-corrected chi connectivity index (χ0v) is 32.6. The molecule has 0 saturated carbocycles. The Hall–Kier alpha value is -2.63. The molecule has 5 heteroatoms. The van der Waals surface area contributed by atoms with E-state index in [4.69, 9.17) is 4.74 Å². The van der Waals surface area contributed by atoms with Gasteiger partial charge < -0.3 is 9.64 Å². The molecular formula is C41H66BrN3O. The van der Waals surface area contributed by atoms with Gasteiger partial charge in [-0.1, -0.05) is 122 Å². The molecule has 4 nitrogen and oxygen atoms in total. The Morgan fingerprint density at radius 1 is 0.870 bits per heavy atom. The number of ether oxygens (including phenoxy) is 1. The summed E-state index contributed by atoms with van der Waals surface area (Å²) < 4.78 is 6.42. The topological polar surface area (TPSA) is 28.6 Å². The van der Waals surface area contributed by atoms with Crippen molar-refractivity contribution in [2.24, 2.45) is 0 Å². The second-order valence-corrected chi connectivity index (χ2v) is 12.3. The largest absolute Gasteiger partial charge is 0.494 e. The molecule has 0 N–H and O–H groups in total. The van der Waals surface area contributed by atoms with E-state index < -0.39 is 0 Å². The molecule has 1 fully saturated rings. The second kappa shape index (κ2) is 27.5. The molecule has 1 aromatic heterocycles. The SMILES string of the molecule is C=C(C)c1cnc(N2CCN(C(C)CCC)CC2)c(Br)c1.CC.CCCC.CCCOc1ccccc1.CCc1ccc(C)cc1. The third kappa shape index (κ3) is 18.5. The number of pyridine rings is 1. The van der Waals surface area contributed by atoms with Crippen molar-refractivity contribution in [1.82, 2.24) is 9.88 Å². The lowest BCUT2D eigenvalue weighted by Gasteiger charge is -2.39. The van der Waals surface area contributed by atoms with E-state index in [-0.39, 0.29) is 0 Å². The number of halogens is 1. The summed E-state index contributed by atoms with van der Waals surface area (Å²) in [6, 6.07) is 21.3. The number of unbranched alkanes of at least 4 members (excludes halogenated alkanes) is 1. The molecule has 3 aromatic rings. The molecule has 1 unspecified atom stereocenters. The van der Waals surface area contributed by atoms with Gasteiger partial charge in [0.25, 0.3) is 0 Å². The molecule has 0 bridgehead atoms. The Balaban J connectivity index is 0.000000673. The van der Waals surface area contributed by atoms with E-state index in [1.54, 1.807) is 0 Å². The highest BCUT2D eigenvalue weighted by atomic mass is 79.9. The maximum absolute atomic E-state index is 5.36. The molecule has 2 heterocycles. The molecule has 46 heavy (non-hydrogen) atoms. The molecule has 1 atom stereocenters. The van der Waals surface area contributed by atoms with Gasteiger partial charge >= 0.3 is 0 Å². The molecule has 4 rings (SSSR count). The lowest BCUT2D eigenvalue weighted by Crippen LogP contribution is -2.49. The number of rotatable bonds is 10. The van der Waals surface area contributed by atoms with Gasteiger partial charge in [0.15, 0.2) is 0 Å².